The first kappa shape index (κ1) is 20.4. The number of nitrogens with zero attached hydrogens (tertiary/aromatic N) is 3. The van der Waals surface area contributed by atoms with Crippen molar-refractivity contribution in [3.8, 4) is 11.6 Å². The van der Waals surface area contributed by atoms with E-state index in [4.69, 9.17) is 4.74 Å². The summed E-state index contributed by atoms with van der Waals surface area (Å²) in [5.41, 5.74) is -0.173. The summed E-state index contributed by atoms with van der Waals surface area (Å²) in [5.74, 6) is 1.24. The maximum Gasteiger partial charge on any atom is 0.417 e. The summed E-state index contributed by atoms with van der Waals surface area (Å²) in [6, 6.07) is 10.1. The molecule has 4 rings (SSSR count). The number of hydrogen-bond donors (Lipinski definition) is 3. The Bertz CT molecular complexity index is 1060. The first-order valence-corrected chi connectivity index (χ1v) is 9.32. The zero-order valence-electron chi connectivity index (χ0n) is 16.0. The Balaban J connectivity index is 1.37. The monoisotopic (exact) mass is 430 g/mol. The Hall–Kier alpha value is -3.89. The molecule has 1 atom stereocenters. The number of amides is 1. The topological polar surface area (TPSA) is 101 Å². The number of ether oxygens (including phenoxy) is 1. The average molecular weight is 430 g/mol. The van der Waals surface area contributed by atoms with Crippen LogP contribution in [0.1, 0.15) is 12.0 Å². The van der Waals surface area contributed by atoms with Crippen LogP contribution in [0.15, 0.2) is 54.9 Å². The molecule has 11 heteroatoms. The van der Waals surface area contributed by atoms with Crippen LogP contribution < -0.4 is 20.7 Å². The molecule has 3 aromatic rings. The molecule has 1 aromatic carbocycles. The van der Waals surface area contributed by atoms with Gasteiger partial charge in [-0.25, -0.2) is 9.97 Å². The fraction of sp³-hybridized carbons (Fsp3) is 0.200. The minimum absolute atomic E-state index is 0.0479. The highest BCUT2D eigenvalue weighted by Crippen LogP contribution is 2.30. The summed E-state index contributed by atoms with van der Waals surface area (Å²) < 4.78 is 43.3. The average Bonchev–Trinajstić information content (AvgIpc) is 3.14. The molecule has 3 N–H and O–H groups in total. The maximum atomic E-state index is 12.6. The number of halogens is 3. The molecule has 0 aliphatic carbocycles. The van der Waals surface area contributed by atoms with E-state index in [0.29, 0.717) is 36.2 Å². The largest absolute Gasteiger partial charge is 0.439 e. The Morgan fingerprint density at radius 3 is 2.52 bits per heavy atom. The van der Waals surface area contributed by atoms with Gasteiger partial charge in [0.25, 0.3) is 0 Å². The summed E-state index contributed by atoms with van der Waals surface area (Å²) in [7, 11) is 0. The number of hydrogen-bond acceptors (Lipinski definition) is 7. The molecule has 3 heterocycles. The summed E-state index contributed by atoms with van der Waals surface area (Å²) >= 11 is 0. The van der Waals surface area contributed by atoms with Crippen LogP contribution in [0.2, 0.25) is 0 Å². The van der Waals surface area contributed by atoms with E-state index in [0.717, 1.165) is 18.3 Å². The predicted molar refractivity (Wildman–Crippen MR) is 106 cm³/mol. The molecule has 0 unspecified atom stereocenters. The smallest absolute Gasteiger partial charge is 0.417 e. The van der Waals surface area contributed by atoms with Crippen molar-refractivity contribution in [1.29, 1.82) is 0 Å². The lowest BCUT2D eigenvalue weighted by Gasteiger charge is -2.12. The van der Waals surface area contributed by atoms with E-state index in [1.165, 1.54) is 0 Å². The van der Waals surface area contributed by atoms with E-state index < -0.39 is 11.7 Å². The van der Waals surface area contributed by atoms with Crippen LogP contribution in [0, 0.1) is 0 Å². The fourth-order valence-corrected chi connectivity index (χ4v) is 2.87. The number of aromatic nitrogens is 3. The van der Waals surface area contributed by atoms with Gasteiger partial charge < -0.3 is 20.7 Å². The first-order chi connectivity index (χ1) is 14.9. The molecule has 31 heavy (non-hydrogen) atoms. The molecule has 8 nitrogen and oxygen atoms in total. The SMILES string of the molecule is O=C1NCC[C@@H]1Nc1ccnc(Nc2ccc(Oc3ccc(C(F)(F)F)cn3)cc2)n1. The summed E-state index contributed by atoms with van der Waals surface area (Å²) in [5, 5.41) is 8.85. The number of alkyl halides is 3. The lowest BCUT2D eigenvalue weighted by Crippen LogP contribution is -2.29. The molecule has 160 valence electrons. The Labute approximate surface area is 174 Å². The number of benzene rings is 1. The van der Waals surface area contributed by atoms with Gasteiger partial charge in [-0.2, -0.15) is 18.2 Å². The summed E-state index contributed by atoms with van der Waals surface area (Å²) in [6.07, 6.45) is -1.48. The van der Waals surface area contributed by atoms with Crippen LogP contribution in [0.3, 0.4) is 0 Å². The van der Waals surface area contributed by atoms with E-state index in [1.807, 2.05) is 0 Å². The second-order valence-electron chi connectivity index (χ2n) is 6.68. The van der Waals surface area contributed by atoms with Gasteiger partial charge in [0.15, 0.2) is 0 Å². The minimum Gasteiger partial charge on any atom is -0.439 e. The third-order valence-electron chi connectivity index (χ3n) is 4.42. The number of pyridine rings is 1. The number of nitrogens with one attached hydrogen (secondary N) is 3. The Morgan fingerprint density at radius 1 is 1.06 bits per heavy atom. The van der Waals surface area contributed by atoms with E-state index in [-0.39, 0.29) is 17.8 Å². The van der Waals surface area contributed by atoms with Crippen molar-refractivity contribution in [2.75, 3.05) is 17.2 Å². The third-order valence-corrected chi connectivity index (χ3v) is 4.42. The van der Waals surface area contributed by atoms with Gasteiger partial charge in [-0.1, -0.05) is 0 Å². The molecule has 1 aliphatic heterocycles. The Kier molecular flexibility index (Phi) is 5.56. The lowest BCUT2D eigenvalue weighted by atomic mass is 10.2. The van der Waals surface area contributed by atoms with Crippen molar-refractivity contribution < 1.29 is 22.7 Å². The Morgan fingerprint density at radius 2 is 1.87 bits per heavy atom. The van der Waals surface area contributed by atoms with Crippen LogP contribution in [-0.2, 0) is 11.0 Å². The van der Waals surface area contributed by atoms with Crippen LogP contribution in [0.25, 0.3) is 0 Å². The molecular formula is C20H17F3N6O2. The molecule has 0 spiro atoms. The van der Waals surface area contributed by atoms with Crippen molar-refractivity contribution in [2.24, 2.45) is 0 Å². The van der Waals surface area contributed by atoms with Crippen LogP contribution in [0.5, 0.6) is 11.6 Å². The van der Waals surface area contributed by atoms with E-state index in [2.05, 4.69) is 30.9 Å². The van der Waals surface area contributed by atoms with Gasteiger partial charge in [0.2, 0.25) is 17.7 Å². The third kappa shape index (κ3) is 5.18. The van der Waals surface area contributed by atoms with Crippen LogP contribution in [0.4, 0.5) is 30.6 Å². The molecule has 1 fully saturated rings. The lowest BCUT2D eigenvalue weighted by molar-refractivity contribution is -0.137. The fourth-order valence-electron chi connectivity index (χ4n) is 2.87. The van der Waals surface area contributed by atoms with Gasteiger partial charge in [-0.15, -0.1) is 0 Å². The van der Waals surface area contributed by atoms with Crippen LogP contribution in [-0.4, -0.2) is 33.4 Å². The highest BCUT2D eigenvalue weighted by atomic mass is 19.4. The first-order valence-electron chi connectivity index (χ1n) is 9.32. The van der Waals surface area contributed by atoms with Crippen molar-refractivity contribution in [1.82, 2.24) is 20.3 Å². The number of carbonyl (C=O) groups excluding carboxylic acids is 1. The molecule has 1 saturated heterocycles. The minimum atomic E-state index is -4.45. The van der Waals surface area contributed by atoms with Gasteiger partial charge in [0.1, 0.15) is 17.6 Å². The zero-order chi connectivity index (χ0) is 21.8. The quantitative estimate of drug-likeness (QED) is 0.548. The summed E-state index contributed by atoms with van der Waals surface area (Å²) in [4.78, 5) is 23.8. The van der Waals surface area contributed by atoms with Gasteiger partial charge in [0, 0.05) is 30.7 Å². The number of anilines is 3. The predicted octanol–water partition coefficient (Wildman–Crippen LogP) is 3.73. The second-order valence-corrected chi connectivity index (χ2v) is 6.68. The van der Waals surface area contributed by atoms with Crippen molar-refractivity contribution >= 4 is 23.4 Å². The van der Waals surface area contributed by atoms with E-state index >= 15 is 0 Å². The second kappa shape index (κ2) is 8.46. The van der Waals surface area contributed by atoms with Crippen molar-refractivity contribution in [3.63, 3.8) is 0 Å². The standard InChI is InChI=1S/C20H17F3N6O2/c21-20(22,23)12-1-6-17(26-11-12)31-14-4-2-13(3-5-14)27-19-25-10-8-16(29-19)28-15-7-9-24-18(15)30/h1-6,8,10-11,15H,7,9H2,(H,24,30)(H2,25,27,28,29)/t15-/m0/s1. The molecule has 0 bridgehead atoms. The number of carbonyl (C=O) groups is 1. The normalized spacial score (nSPS) is 16.0. The maximum absolute atomic E-state index is 12.6. The van der Waals surface area contributed by atoms with Gasteiger partial charge in [-0.3, -0.25) is 4.79 Å². The molecule has 0 radical (unpaired) electrons. The highest BCUT2D eigenvalue weighted by molar-refractivity contribution is 5.86. The highest BCUT2D eigenvalue weighted by Gasteiger charge is 2.30. The molecular weight excluding hydrogens is 413 g/mol. The van der Waals surface area contributed by atoms with Crippen molar-refractivity contribution in [2.45, 2.75) is 18.6 Å². The molecule has 1 aliphatic rings. The van der Waals surface area contributed by atoms with Gasteiger partial charge in [-0.05, 0) is 42.8 Å². The van der Waals surface area contributed by atoms with Crippen molar-refractivity contribution in [3.05, 3.63) is 60.4 Å². The number of rotatable bonds is 6. The molecule has 1 amide bonds. The van der Waals surface area contributed by atoms with Gasteiger partial charge >= 0.3 is 6.18 Å². The van der Waals surface area contributed by atoms with Gasteiger partial charge in [0.05, 0.1) is 5.56 Å². The zero-order valence-corrected chi connectivity index (χ0v) is 16.0. The van der Waals surface area contributed by atoms with E-state index in [9.17, 15) is 18.0 Å². The van der Waals surface area contributed by atoms with Crippen LogP contribution >= 0.6 is 0 Å². The summed E-state index contributed by atoms with van der Waals surface area (Å²) in [6.45, 7) is 0.628. The van der Waals surface area contributed by atoms with E-state index in [1.54, 1.807) is 36.5 Å². The molecule has 0 saturated carbocycles. The molecule has 2 aromatic heterocycles.